The van der Waals surface area contributed by atoms with Crippen LogP contribution in [-0.2, 0) is 15.2 Å². The molecule has 0 unspecified atom stereocenters. The summed E-state index contributed by atoms with van der Waals surface area (Å²) in [6, 6.07) is 0. The van der Waals surface area contributed by atoms with Gasteiger partial charge in [-0.3, -0.25) is 13.9 Å². The van der Waals surface area contributed by atoms with Crippen molar-refractivity contribution >= 4 is 16.3 Å². The van der Waals surface area contributed by atoms with Crippen LogP contribution < -0.4 is 5.32 Å². The van der Waals surface area contributed by atoms with Gasteiger partial charge in [0.15, 0.2) is 0 Å². The molecule has 0 bridgehead atoms. The van der Waals surface area contributed by atoms with Gasteiger partial charge in [-0.25, -0.2) is 0 Å². The highest BCUT2D eigenvalue weighted by atomic mass is 32.3. The molecule has 0 aromatic heterocycles. The number of nitrogens with one attached hydrogen (secondary N) is 1. The van der Waals surface area contributed by atoms with E-state index in [0.29, 0.717) is 6.42 Å². The van der Waals surface area contributed by atoms with Gasteiger partial charge in [0.2, 0.25) is 5.91 Å². The van der Waals surface area contributed by atoms with E-state index in [1.807, 2.05) is 6.92 Å². The highest BCUT2D eigenvalue weighted by Crippen LogP contribution is 2.09. The molecule has 0 radical (unpaired) electrons. The second-order valence-corrected chi connectivity index (χ2v) is 7.63. The molecule has 3 N–H and O–H groups in total. The van der Waals surface area contributed by atoms with Gasteiger partial charge in [-0.1, -0.05) is 70.4 Å². The van der Waals surface area contributed by atoms with Gasteiger partial charge in [-0.05, 0) is 39.0 Å². The zero-order valence-corrected chi connectivity index (χ0v) is 18.1. The van der Waals surface area contributed by atoms with Gasteiger partial charge in [0.25, 0.3) is 0 Å². The Hall–Kier alpha value is -0.920. The number of allylic oxidation sites excluding steroid dienone is 2. The van der Waals surface area contributed by atoms with Crippen LogP contribution >= 0.6 is 0 Å². The molecule has 1 amide bonds. The quantitative estimate of drug-likeness (QED) is 0.178. The summed E-state index contributed by atoms with van der Waals surface area (Å²) < 4.78 is 31.6. The van der Waals surface area contributed by atoms with Gasteiger partial charge < -0.3 is 5.32 Å². The number of unbranched alkanes of at least 4 members (excludes halogenated alkanes) is 11. The maximum atomic E-state index is 11.3. The standard InChI is InChI=1S/C20H39NO.H2O4S/c1-3-5-6-7-8-9-10-11-12-13-14-15-16-17-18-19-20(22)21-4-2;1-5(2,3)4/h11-12H,3-10,13-19H2,1-2H3,(H,21,22);(H2,1,2,3,4). The lowest BCUT2D eigenvalue weighted by molar-refractivity contribution is -0.121. The van der Waals surface area contributed by atoms with Crippen LogP contribution in [0.1, 0.15) is 104 Å². The molecule has 0 aliphatic rings. The van der Waals surface area contributed by atoms with Crippen molar-refractivity contribution in [3.8, 4) is 0 Å². The van der Waals surface area contributed by atoms with Gasteiger partial charge in [0.05, 0.1) is 0 Å². The van der Waals surface area contributed by atoms with E-state index in [4.69, 9.17) is 17.5 Å². The van der Waals surface area contributed by atoms with Crippen LogP contribution in [0.15, 0.2) is 12.2 Å². The number of hydrogen-bond acceptors (Lipinski definition) is 3. The van der Waals surface area contributed by atoms with Crippen LogP contribution in [0.5, 0.6) is 0 Å². The predicted octanol–water partition coefficient (Wildman–Crippen LogP) is 5.51. The highest BCUT2D eigenvalue weighted by molar-refractivity contribution is 7.79. The van der Waals surface area contributed by atoms with Gasteiger partial charge in [0, 0.05) is 13.0 Å². The molecule has 162 valence electrons. The van der Waals surface area contributed by atoms with E-state index in [0.717, 1.165) is 13.0 Å². The van der Waals surface area contributed by atoms with Crippen LogP contribution in [0.2, 0.25) is 0 Å². The molecule has 0 aromatic rings. The second kappa shape index (κ2) is 21.4. The third-order valence-corrected chi connectivity index (χ3v) is 4.04. The molecule has 0 aliphatic carbocycles. The van der Waals surface area contributed by atoms with Crippen molar-refractivity contribution in [2.45, 2.75) is 104 Å². The Labute approximate surface area is 166 Å². The van der Waals surface area contributed by atoms with E-state index in [2.05, 4.69) is 24.4 Å². The monoisotopic (exact) mass is 407 g/mol. The summed E-state index contributed by atoms with van der Waals surface area (Å²) in [5.41, 5.74) is 0. The lowest BCUT2D eigenvalue weighted by Gasteiger charge is -2.02. The fourth-order valence-electron chi connectivity index (χ4n) is 2.64. The van der Waals surface area contributed by atoms with Gasteiger partial charge in [0.1, 0.15) is 0 Å². The average molecular weight is 408 g/mol. The molecule has 0 spiro atoms. The minimum atomic E-state index is -4.67. The van der Waals surface area contributed by atoms with Crippen molar-refractivity contribution in [2.24, 2.45) is 0 Å². The largest absolute Gasteiger partial charge is 0.394 e. The zero-order valence-electron chi connectivity index (χ0n) is 17.3. The Morgan fingerprint density at radius 2 is 1.19 bits per heavy atom. The number of carbonyl (C=O) groups excluding carboxylic acids is 1. The van der Waals surface area contributed by atoms with Crippen LogP contribution in [0.4, 0.5) is 0 Å². The normalized spacial score (nSPS) is 11.3. The smallest absolute Gasteiger partial charge is 0.356 e. The Morgan fingerprint density at radius 1 is 0.778 bits per heavy atom. The molecule has 0 aromatic carbocycles. The van der Waals surface area contributed by atoms with Crippen LogP contribution in [0.25, 0.3) is 0 Å². The summed E-state index contributed by atoms with van der Waals surface area (Å²) in [5, 5.41) is 2.85. The van der Waals surface area contributed by atoms with E-state index in [9.17, 15) is 4.79 Å². The maximum absolute atomic E-state index is 11.3. The molecular formula is C20H41NO5S. The molecule has 0 aliphatic heterocycles. The molecule has 0 rings (SSSR count). The topological polar surface area (TPSA) is 104 Å². The van der Waals surface area contributed by atoms with E-state index in [1.54, 1.807) is 0 Å². The van der Waals surface area contributed by atoms with Gasteiger partial charge in [-0.15, -0.1) is 0 Å². The molecule has 0 saturated carbocycles. The van der Waals surface area contributed by atoms with E-state index < -0.39 is 10.4 Å². The Morgan fingerprint density at radius 3 is 1.63 bits per heavy atom. The lowest BCUT2D eigenvalue weighted by Crippen LogP contribution is -2.21. The number of amides is 1. The van der Waals surface area contributed by atoms with Gasteiger partial charge >= 0.3 is 10.4 Å². The van der Waals surface area contributed by atoms with Crippen molar-refractivity contribution in [3.05, 3.63) is 12.2 Å². The average Bonchev–Trinajstić information content (AvgIpc) is 2.57. The first-order valence-corrected chi connectivity index (χ1v) is 11.8. The minimum Gasteiger partial charge on any atom is -0.356 e. The Balaban J connectivity index is 0. The minimum absolute atomic E-state index is 0.208. The first-order valence-electron chi connectivity index (χ1n) is 10.4. The van der Waals surface area contributed by atoms with Crippen LogP contribution in [-0.4, -0.2) is 30.0 Å². The summed E-state index contributed by atoms with van der Waals surface area (Å²) in [4.78, 5) is 11.3. The number of carbonyl (C=O) groups is 1. The SMILES string of the molecule is CCCCCCCCC=CCCCCCCCC(=O)NCC.O=S(=O)(O)O. The molecule has 7 heteroatoms. The predicted molar refractivity (Wildman–Crippen MR) is 112 cm³/mol. The molecule has 0 saturated heterocycles. The van der Waals surface area contributed by atoms with Crippen LogP contribution in [0, 0.1) is 0 Å². The van der Waals surface area contributed by atoms with Crippen LogP contribution in [0.3, 0.4) is 0 Å². The first kappa shape index (κ1) is 28.3. The Kier molecular flexibility index (Phi) is 22.4. The van der Waals surface area contributed by atoms with Crippen molar-refractivity contribution in [1.29, 1.82) is 0 Å². The lowest BCUT2D eigenvalue weighted by atomic mass is 10.1. The van der Waals surface area contributed by atoms with E-state index in [1.165, 1.54) is 77.0 Å². The van der Waals surface area contributed by atoms with Crippen molar-refractivity contribution in [1.82, 2.24) is 5.32 Å². The zero-order chi connectivity index (χ0) is 20.8. The number of rotatable bonds is 16. The summed E-state index contributed by atoms with van der Waals surface area (Å²) in [5.74, 6) is 0.208. The third kappa shape index (κ3) is 36.7. The molecule has 27 heavy (non-hydrogen) atoms. The van der Waals surface area contributed by atoms with Gasteiger partial charge in [-0.2, -0.15) is 8.42 Å². The summed E-state index contributed by atoms with van der Waals surface area (Å²) in [7, 11) is -4.67. The first-order chi connectivity index (χ1) is 12.8. The van der Waals surface area contributed by atoms with Crippen molar-refractivity contribution in [3.63, 3.8) is 0 Å². The molecule has 6 nitrogen and oxygen atoms in total. The molecule has 0 heterocycles. The summed E-state index contributed by atoms with van der Waals surface area (Å²) in [6.45, 7) is 4.99. The van der Waals surface area contributed by atoms with E-state index in [-0.39, 0.29) is 5.91 Å². The number of hydrogen-bond donors (Lipinski definition) is 3. The maximum Gasteiger partial charge on any atom is 0.394 e. The van der Waals surface area contributed by atoms with Crippen molar-refractivity contribution < 1.29 is 22.3 Å². The summed E-state index contributed by atoms with van der Waals surface area (Å²) >= 11 is 0. The molecular weight excluding hydrogens is 366 g/mol. The summed E-state index contributed by atoms with van der Waals surface area (Å²) in [6.07, 6.45) is 22.4. The second-order valence-electron chi connectivity index (χ2n) is 6.74. The van der Waals surface area contributed by atoms with Crippen molar-refractivity contribution in [2.75, 3.05) is 6.54 Å². The van der Waals surface area contributed by atoms with E-state index >= 15 is 0 Å². The fourth-order valence-corrected chi connectivity index (χ4v) is 2.64. The molecule has 0 atom stereocenters. The Bertz CT molecular complexity index is 441. The fraction of sp³-hybridized carbons (Fsp3) is 0.850. The molecule has 0 fully saturated rings. The third-order valence-electron chi connectivity index (χ3n) is 4.04. The highest BCUT2D eigenvalue weighted by Gasteiger charge is 1.98.